The van der Waals surface area contributed by atoms with Gasteiger partial charge in [-0.15, -0.1) is 0 Å². The lowest BCUT2D eigenvalue weighted by molar-refractivity contribution is -0.00764. The van der Waals surface area contributed by atoms with Crippen molar-refractivity contribution in [1.82, 2.24) is 9.88 Å². The van der Waals surface area contributed by atoms with Crippen molar-refractivity contribution in [3.8, 4) is 11.8 Å². The molecule has 2 fully saturated rings. The second-order valence-corrected chi connectivity index (χ2v) is 8.50. The molecule has 1 amide bonds. The van der Waals surface area contributed by atoms with Crippen LogP contribution < -0.4 is 9.47 Å². The van der Waals surface area contributed by atoms with Crippen molar-refractivity contribution in [1.29, 1.82) is 0 Å². The SMILES string of the molecule is CCCCOc1cccc(OC2C[C@H]3CC[C@@H](C2)N3C(=O)OC(C)(C)C)n1. The first-order chi connectivity index (χ1) is 12.9. The average Bonchev–Trinajstić information content (AvgIpc) is 2.85. The first kappa shape index (κ1) is 19.8. The monoisotopic (exact) mass is 376 g/mol. The number of amides is 1. The highest BCUT2D eigenvalue weighted by Gasteiger charge is 2.45. The van der Waals surface area contributed by atoms with Gasteiger partial charge in [-0.05, 0) is 40.0 Å². The van der Waals surface area contributed by atoms with Gasteiger partial charge in [0.2, 0.25) is 11.8 Å². The fourth-order valence-electron chi connectivity index (χ4n) is 3.87. The molecule has 27 heavy (non-hydrogen) atoms. The van der Waals surface area contributed by atoms with Gasteiger partial charge in [0, 0.05) is 37.1 Å². The maximum absolute atomic E-state index is 12.5. The number of unbranched alkanes of at least 4 members (excludes halogenated alkanes) is 1. The number of hydrogen-bond acceptors (Lipinski definition) is 5. The first-order valence-electron chi connectivity index (χ1n) is 10.1. The maximum Gasteiger partial charge on any atom is 0.410 e. The van der Waals surface area contributed by atoms with Gasteiger partial charge in [-0.25, -0.2) is 4.79 Å². The highest BCUT2D eigenvalue weighted by Crippen LogP contribution is 2.38. The van der Waals surface area contributed by atoms with Crippen LogP contribution in [0.4, 0.5) is 4.79 Å². The summed E-state index contributed by atoms with van der Waals surface area (Å²) in [5, 5.41) is 0. The Morgan fingerprint density at radius 1 is 1.19 bits per heavy atom. The van der Waals surface area contributed by atoms with Crippen LogP contribution >= 0.6 is 0 Å². The van der Waals surface area contributed by atoms with E-state index in [0.717, 1.165) is 38.5 Å². The Labute approximate surface area is 162 Å². The number of carbonyl (C=O) groups excluding carboxylic acids is 1. The fraction of sp³-hybridized carbons (Fsp3) is 0.714. The lowest BCUT2D eigenvalue weighted by Gasteiger charge is -2.39. The Hall–Kier alpha value is -1.98. The van der Waals surface area contributed by atoms with Crippen LogP contribution in [0.1, 0.15) is 66.2 Å². The summed E-state index contributed by atoms with van der Waals surface area (Å²) < 4.78 is 17.4. The van der Waals surface area contributed by atoms with Gasteiger partial charge in [-0.2, -0.15) is 4.98 Å². The third kappa shape index (κ3) is 5.27. The van der Waals surface area contributed by atoms with Crippen LogP contribution in [-0.4, -0.2) is 46.4 Å². The number of pyridine rings is 1. The molecule has 150 valence electrons. The van der Waals surface area contributed by atoms with Crippen LogP contribution in [-0.2, 0) is 4.74 Å². The number of rotatable bonds is 6. The molecule has 0 spiro atoms. The number of piperidine rings is 1. The van der Waals surface area contributed by atoms with Gasteiger partial charge in [0.05, 0.1) is 6.61 Å². The van der Waals surface area contributed by atoms with E-state index >= 15 is 0 Å². The van der Waals surface area contributed by atoms with Gasteiger partial charge < -0.3 is 19.1 Å². The summed E-state index contributed by atoms with van der Waals surface area (Å²) >= 11 is 0. The summed E-state index contributed by atoms with van der Waals surface area (Å²) in [4.78, 5) is 18.9. The van der Waals surface area contributed by atoms with Crippen LogP contribution in [0.2, 0.25) is 0 Å². The molecule has 3 heterocycles. The lowest BCUT2D eigenvalue weighted by atomic mass is 10.0. The van der Waals surface area contributed by atoms with E-state index in [-0.39, 0.29) is 24.3 Å². The molecule has 0 aromatic carbocycles. The summed E-state index contributed by atoms with van der Waals surface area (Å²) in [5.41, 5.74) is -0.466. The van der Waals surface area contributed by atoms with Gasteiger partial charge in [-0.1, -0.05) is 19.4 Å². The number of aromatic nitrogens is 1. The van der Waals surface area contributed by atoms with E-state index in [4.69, 9.17) is 14.2 Å². The van der Waals surface area contributed by atoms with Gasteiger partial charge in [0.15, 0.2) is 0 Å². The molecular weight excluding hydrogens is 344 g/mol. The van der Waals surface area contributed by atoms with Crippen molar-refractivity contribution < 1.29 is 19.0 Å². The summed E-state index contributed by atoms with van der Waals surface area (Å²) in [7, 11) is 0. The molecular formula is C21H32N2O4. The van der Waals surface area contributed by atoms with E-state index in [0.29, 0.717) is 18.4 Å². The number of nitrogens with zero attached hydrogens (tertiary/aromatic N) is 2. The van der Waals surface area contributed by atoms with Crippen molar-refractivity contribution >= 4 is 6.09 Å². The predicted molar refractivity (Wildman–Crippen MR) is 103 cm³/mol. The predicted octanol–water partition coefficient (Wildman–Crippen LogP) is 4.57. The Morgan fingerprint density at radius 2 is 1.85 bits per heavy atom. The van der Waals surface area contributed by atoms with Crippen LogP contribution in [0.15, 0.2) is 18.2 Å². The summed E-state index contributed by atoms with van der Waals surface area (Å²) in [5.74, 6) is 1.20. The highest BCUT2D eigenvalue weighted by molar-refractivity contribution is 5.69. The zero-order valence-corrected chi connectivity index (χ0v) is 16.9. The number of carbonyl (C=O) groups is 1. The van der Waals surface area contributed by atoms with Crippen molar-refractivity contribution in [3.05, 3.63) is 18.2 Å². The molecule has 1 unspecified atom stereocenters. The standard InChI is InChI=1S/C21H32N2O4/c1-5-6-12-25-18-8-7-9-19(22-18)26-17-13-15-10-11-16(14-17)23(15)20(24)27-21(2,3)4/h7-9,15-17H,5-6,10-14H2,1-4H3/t15-,16+,17?. The van der Waals surface area contributed by atoms with Crippen molar-refractivity contribution in [2.75, 3.05) is 6.61 Å². The van der Waals surface area contributed by atoms with E-state index in [1.54, 1.807) is 0 Å². The van der Waals surface area contributed by atoms with Gasteiger partial charge in [0.1, 0.15) is 11.7 Å². The normalized spacial score (nSPS) is 24.6. The van der Waals surface area contributed by atoms with Crippen molar-refractivity contribution in [2.24, 2.45) is 0 Å². The van der Waals surface area contributed by atoms with E-state index in [1.165, 1.54) is 0 Å². The molecule has 2 aliphatic rings. The van der Waals surface area contributed by atoms with Crippen LogP contribution in [0.3, 0.4) is 0 Å². The minimum atomic E-state index is -0.466. The Bertz CT molecular complexity index is 629. The molecule has 0 N–H and O–H groups in total. The van der Waals surface area contributed by atoms with E-state index in [1.807, 2.05) is 43.9 Å². The summed E-state index contributed by atoms with van der Waals surface area (Å²) in [6, 6.07) is 6.01. The molecule has 0 saturated carbocycles. The molecule has 0 radical (unpaired) electrons. The lowest BCUT2D eigenvalue weighted by Crippen LogP contribution is -2.50. The molecule has 6 nitrogen and oxygen atoms in total. The summed E-state index contributed by atoms with van der Waals surface area (Å²) in [6.07, 6.45) is 5.64. The van der Waals surface area contributed by atoms with Crippen LogP contribution in [0.25, 0.3) is 0 Å². The summed E-state index contributed by atoms with van der Waals surface area (Å²) in [6.45, 7) is 8.53. The molecule has 2 saturated heterocycles. The minimum absolute atomic E-state index is 0.0691. The second-order valence-electron chi connectivity index (χ2n) is 8.50. The van der Waals surface area contributed by atoms with Gasteiger partial charge >= 0.3 is 6.09 Å². The van der Waals surface area contributed by atoms with Gasteiger partial charge in [0.25, 0.3) is 0 Å². The van der Waals surface area contributed by atoms with E-state index in [9.17, 15) is 4.79 Å². The Balaban J connectivity index is 1.57. The third-order valence-corrected chi connectivity index (χ3v) is 5.03. The minimum Gasteiger partial charge on any atom is -0.478 e. The Kier molecular flexibility index (Phi) is 6.12. The largest absolute Gasteiger partial charge is 0.478 e. The van der Waals surface area contributed by atoms with E-state index < -0.39 is 5.60 Å². The number of fused-ring (bicyclic) bond motifs is 2. The molecule has 3 atom stereocenters. The Morgan fingerprint density at radius 3 is 2.48 bits per heavy atom. The molecule has 1 aromatic heterocycles. The smallest absolute Gasteiger partial charge is 0.410 e. The molecule has 0 aliphatic carbocycles. The molecule has 1 aromatic rings. The van der Waals surface area contributed by atoms with Crippen LogP contribution in [0.5, 0.6) is 11.8 Å². The highest BCUT2D eigenvalue weighted by atomic mass is 16.6. The van der Waals surface area contributed by atoms with Gasteiger partial charge in [-0.3, -0.25) is 0 Å². The third-order valence-electron chi connectivity index (χ3n) is 5.03. The van der Waals surface area contributed by atoms with E-state index in [2.05, 4.69) is 11.9 Å². The maximum atomic E-state index is 12.5. The zero-order valence-electron chi connectivity index (χ0n) is 16.9. The number of ether oxygens (including phenoxy) is 3. The average molecular weight is 376 g/mol. The van der Waals surface area contributed by atoms with Crippen LogP contribution in [0, 0.1) is 0 Å². The fourth-order valence-corrected chi connectivity index (χ4v) is 3.87. The second kappa shape index (κ2) is 8.36. The molecule has 2 aliphatic heterocycles. The zero-order chi connectivity index (χ0) is 19.4. The van der Waals surface area contributed by atoms with Crippen molar-refractivity contribution in [2.45, 2.75) is 90.0 Å². The molecule has 6 heteroatoms. The topological polar surface area (TPSA) is 60.9 Å². The van der Waals surface area contributed by atoms with Crippen molar-refractivity contribution in [3.63, 3.8) is 0 Å². The number of hydrogen-bond donors (Lipinski definition) is 0. The quantitative estimate of drug-likeness (QED) is 0.681. The molecule has 2 bridgehead atoms. The molecule has 3 rings (SSSR count). The first-order valence-corrected chi connectivity index (χ1v) is 10.1.